The zero-order valence-electron chi connectivity index (χ0n) is 7.46. The van der Waals surface area contributed by atoms with Crippen LogP contribution in [0.25, 0.3) is 12.2 Å². The van der Waals surface area contributed by atoms with Gasteiger partial charge in [0.05, 0.1) is 17.6 Å². The third kappa shape index (κ3) is 2.06. The molecule has 1 heterocycles. The first-order valence-corrected chi connectivity index (χ1v) is 3.94. The lowest BCUT2D eigenvalue weighted by Crippen LogP contribution is -1.91. The number of nitrogens with zero attached hydrogens (tertiary/aromatic N) is 1. The van der Waals surface area contributed by atoms with Crippen molar-refractivity contribution in [3.8, 4) is 0 Å². The topological polar surface area (TPSA) is 24.9 Å². The SMILES string of the molecule is C=CNc1cnc(C=C)c(C=C)c1. The summed E-state index contributed by atoms with van der Waals surface area (Å²) in [5.74, 6) is 0. The summed E-state index contributed by atoms with van der Waals surface area (Å²) in [4.78, 5) is 4.19. The Balaban J connectivity index is 3.11. The van der Waals surface area contributed by atoms with E-state index < -0.39 is 0 Å². The van der Waals surface area contributed by atoms with Gasteiger partial charge >= 0.3 is 0 Å². The molecule has 66 valence electrons. The van der Waals surface area contributed by atoms with Crippen LogP contribution in [0, 0.1) is 0 Å². The molecule has 0 amide bonds. The Morgan fingerprint density at radius 2 is 2.00 bits per heavy atom. The van der Waals surface area contributed by atoms with E-state index in [2.05, 4.69) is 30.0 Å². The standard InChI is InChI=1S/C11H12N2/c1-4-9-7-10(12-6-3)8-13-11(9)5-2/h4-8,12H,1-3H2. The van der Waals surface area contributed by atoms with Crippen molar-refractivity contribution in [3.05, 3.63) is 49.5 Å². The summed E-state index contributed by atoms with van der Waals surface area (Å²) in [5.41, 5.74) is 2.70. The van der Waals surface area contributed by atoms with Gasteiger partial charge in [-0.1, -0.05) is 25.8 Å². The minimum Gasteiger partial charge on any atom is -0.361 e. The predicted molar refractivity (Wildman–Crippen MR) is 58.2 cm³/mol. The van der Waals surface area contributed by atoms with Gasteiger partial charge in [0.15, 0.2) is 0 Å². The van der Waals surface area contributed by atoms with E-state index in [0.29, 0.717) is 0 Å². The maximum atomic E-state index is 4.19. The summed E-state index contributed by atoms with van der Waals surface area (Å²) in [6.07, 6.45) is 6.79. The highest BCUT2D eigenvalue weighted by Crippen LogP contribution is 2.14. The number of aromatic nitrogens is 1. The van der Waals surface area contributed by atoms with Gasteiger partial charge in [-0.3, -0.25) is 4.98 Å². The Kier molecular flexibility index (Phi) is 3.03. The predicted octanol–water partition coefficient (Wildman–Crippen LogP) is 2.92. The first kappa shape index (κ1) is 9.26. The van der Waals surface area contributed by atoms with Crippen LogP contribution in [-0.2, 0) is 0 Å². The van der Waals surface area contributed by atoms with E-state index in [-0.39, 0.29) is 0 Å². The average molecular weight is 172 g/mol. The number of anilines is 1. The van der Waals surface area contributed by atoms with Crippen LogP contribution >= 0.6 is 0 Å². The molecular formula is C11H12N2. The fourth-order valence-corrected chi connectivity index (χ4v) is 1.02. The van der Waals surface area contributed by atoms with Gasteiger partial charge in [0.1, 0.15) is 0 Å². The molecule has 0 fully saturated rings. The lowest BCUT2D eigenvalue weighted by atomic mass is 10.2. The second-order valence-electron chi connectivity index (χ2n) is 2.46. The van der Waals surface area contributed by atoms with Crippen LogP contribution in [0.4, 0.5) is 5.69 Å². The number of hydrogen-bond acceptors (Lipinski definition) is 2. The van der Waals surface area contributed by atoms with E-state index in [1.807, 2.05) is 6.07 Å². The highest BCUT2D eigenvalue weighted by atomic mass is 14.9. The zero-order valence-corrected chi connectivity index (χ0v) is 7.46. The van der Waals surface area contributed by atoms with Crippen molar-refractivity contribution in [2.24, 2.45) is 0 Å². The van der Waals surface area contributed by atoms with Crippen LogP contribution in [0.1, 0.15) is 11.3 Å². The molecule has 1 aromatic heterocycles. The summed E-state index contributed by atoms with van der Waals surface area (Å²) in [6.45, 7) is 10.9. The van der Waals surface area contributed by atoms with Gasteiger partial charge in [-0.15, -0.1) is 0 Å². The Hall–Kier alpha value is -1.83. The lowest BCUT2D eigenvalue weighted by molar-refractivity contribution is 1.28. The van der Waals surface area contributed by atoms with Gasteiger partial charge in [0.2, 0.25) is 0 Å². The molecule has 0 spiro atoms. The summed E-state index contributed by atoms with van der Waals surface area (Å²) in [5, 5.41) is 2.95. The normalized spacial score (nSPS) is 8.92. The van der Waals surface area contributed by atoms with Crippen molar-refractivity contribution in [2.45, 2.75) is 0 Å². The molecule has 0 aliphatic rings. The Morgan fingerprint density at radius 1 is 1.23 bits per heavy atom. The summed E-state index contributed by atoms with van der Waals surface area (Å²) >= 11 is 0. The maximum absolute atomic E-state index is 4.19. The molecular weight excluding hydrogens is 160 g/mol. The van der Waals surface area contributed by atoms with E-state index in [1.165, 1.54) is 0 Å². The van der Waals surface area contributed by atoms with Gasteiger partial charge in [-0.25, -0.2) is 0 Å². The van der Waals surface area contributed by atoms with Crippen LogP contribution in [-0.4, -0.2) is 4.98 Å². The Bertz CT molecular complexity index is 340. The molecule has 1 rings (SSSR count). The summed E-state index contributed by atoms with van der Waals surface area (Å²) in [7, 11) is 0. The van der Waals surface area contributed by atoms with Gasteiger partial charge in [0, 0.05) is 5.56 Å². The van der Waals surface area contributed by atoms with E-state index in [4.69, 9.17) is 0 Å². The molecule has 0 atom stereocenters. The van der Waals surface area contributed by atoms with Crippen molar-refractivity contribution in [3.63, 3.8) is 0 Å². The van der Waals surface area contributed by atoms with Crippen molar-refractivity contribution >= 4 is 17.8 Å². The van der Waals surface area contributed by atoms with Crippen LogP contribution in [0.5, 0.6) is 0 Å². The lowest BCUT2D eigenvalue weighted by Gasteiger charge is -2.03. The second kappa shape index (κ2) is 4.26. The molecule has 2 heteroatoms. The molecule has 1 N–H and O–H groups in total. The van der Waals surface area contributed by atoms with E-state index >= 15 is 0 Å². The monoisotopic (exact) mass is 172 g/mol. The number of pyridine rings is 1. The first-order valence-electron chi connectivity index (χ1n) is 3.94. The van der Waals surface area contributed by atoms with Gasteiger partial charge in [0.25, 0.3) is 0 Å². The van der Waals surface area contributed by atoms with Crippen LogP contribution in [0.15, 0.2) is 38.2 Å². The summed E-state index contributed by atoms with van der Waals surface area (Å²) in [6, 6.07) is 1.94. The molecule has 0 bridgehead atoms. The van der Waals surface area contributed by atoms with Crippen molar-refractivity contribution in [1.82, 2.24) is 4.98 Å². The average Bonchev–Trinajstić information content (AvgIpc) is 2.18. The highest BCUT2D eigenvalue weighted by Gasteiger charge is 1.97. The zero-order chi connectivity index (χ0) is 9.68. The third-order valence-corrected chi connectivity index (χ3v) is 1.63. The van der Waals surface area contributed by atoms with Crippen molar-refractivity contribution in [2.75, 3.05) is 5.32 Å². The van der Waals surface area contributed by atoms with Crippen molar-refractivity contribution < 1.29 is 0 Å². The minimum atomic E-state index is 0.838. The second-order valence-corrected chi connectivity index (χ2v) is 2.46. The fraction of sp³-hybridized carbons (Fsp3) is 0. The van der Waals surface area contributed by atoms with Crippen LogP contribution in [0.2, 0.25) is 0 Å². The summed E-state index contributed by atoms with van der Waals surface area (Å²) < 4.78 is 0. The van der Waals surface area contributed by atoms with E-state index in [0.717, 1.165) is 16.9 Å². The largest absolute Gasteiger partial charge is 0.361 e. The molecule has 0 aliphatic heterocycles. The van der Waals surface area contributed by atoms with Gasteiger partial charge in [-0.05, 0) is 18.3 Å². The van der Waals surface area contributed by atoms with Crippen LogP contribution in [0.3, 0.4) is 0 Å². The molecule has 1 aromatic rings. The van der Waals surface area contributed by atoms with Crippen LogP contribution < -0.4 is 5.32 Å². The van der Waals surface area contributed by atoms with E-state index in [9.17, 15) is 0 Å². The molecule has 2 nitrogen and oxygen atoms in total. The fourth-order valence-electron chi connectivity index (χ4n) is 1.02. The molecule has 0 unspecified atom stereocenters. The smallest absolute Gasteiger partial charge is 0.0697 e. The Labute approximate surface area is 78.3 Å². The number of rotatable bonds is 4. The first-order chi connectivity index (χ1) is 6.31. The van der Waals surface area contributed by atoms with Gasteiger partial charge in [-0.2, -0.15) is 0 Å². The molecule has 0 saturated heterocycles. The van der Waals surface area contributed by atoms with Gasteiger partial charge < -0.3 is 5.32 Å². The maximum Gasteiger partial charge on any atom is 0.0697 e. The molecule has 0 saturated carbocycles. The number of hydrogen-bond donors (Lipinski definition) is 1. The van der Waals surface area contributed by atoms with E-state index in [1.54, 1.807) is 24.5 Å². The quantitative estimate of drug-likeness (QED) is 0.755. The minimum absolute atomic E-state index is 0.838. The molecule has 0 aromatic carbocycles. The van der Waals surface area contributed by atoms with Crippen molar-refractivity contribution in [1.29, 1.82) is 0 Å². The highest BCUT2D eigenvalue weighted by molar-refractivity contribution is 5.64. The number of nitrogens with one attached hydrogen (secondary N) is 1. The molecule has 13 heavy (non-hydrogen) atoms. The third-order valence-electron chi connectivity index (χ3n) is 1.63. The molecule has 0 radical (unpaired) electrons. The molecule has 0 aliphatic carbocycles. The Morgan fingerprint density at radius 3 is 2.54 bits per heavy atom.